The average Bonchev–Trinajstić information content (AvgIpc) is 3.10. The van der Waals surface area contributed by atoms with E-state index in [1.807, 2.05) is 48.5 Å². The van der Waals surface area contributed by atoms with Gasteiger partial charge in [0, 0.05) is 18.7 Å². The number of rotatable bonds is 3. The molecule has 0 bridgehead atoms. The van der Waals surface area contributed by atoms with Crippen molar-refractivity contribution in [1.82, 2.24) is 19.4 Å². The zero-order valence-electron chi connectivity index (χ0n) is 15.8. The Bertz CT molecular complexity index is 1210. The first-order chi connectivity index (χ1) is 13.7. The van der Waals surface area contributed by atoms with Gasteiger partial charge < -0.3 is 14.6 Å². The van der Waals surface area contributed by atoms with E-state index in [1.54, 1.807) is 10.6 Å². The maximum atomic E-state index is 12.5. The maximum absolute atomic E-state index is 12.5. The summed E-state index contributed by atoms with van der Waals surface area (Å²) in [6.07, 6.45) is 2.43. The van der Waals surface area contributed by atoms with Gasteiger partial charge in [-0.1, -0.05) is 18.2 Å². The topological polar surface area (TPSA) is 63.1 Å². The summed E-state index contributed by atoms with van der Waals surface area (Å²) >= 11 is 0. The first kappa shape index (κ1) is 17.0. The number of aromatic nitrogens is 3. The molecule has 0 spiro atoms. The molecule has 28 heavy (non-hydrogen) atoms. The lowest BCUT2D eigenvalue weighted by Crippen LogP contribution is -2.38. The zero-order chi connectivity index (χ0) is 19.1. The SMILES string of the molecule is CN1CCCC(Oc2ccc3nc(-n4c(=O)ccc5ccccc54)[nH]c3c2)C1. The van der Waals surface area contributed by atoms with E-state index in [0.717, 1.165) is 53.6 Å². The smallest absolute Gasteiger partial charge is 0.257 e. The van der Waals surface area contributed by atoms with Crippen molar-refractivity contribution in [2.75, 3.05) is 20.1 Å². The summed E-state index contributed by atoms with van der Waals surface area (Å²) < 4.78 is 7.80. The molecule has 1 saturated heterocycles. The fourth-order valence-electron chi connectivity index (χ4n) is 3.97. The van der Waals surface area contributed by atoms with Crippen LogP contribution in [0.3, 0.4) is 0 Å². The molecule has 2 aromatic heterocycles. The van der Waals surface area contributed by atoms with E-state index in [9.17, 15) is 4.79 Å². The Labute approximate surface area is 162 Å². The Hall–Kier alpha value is -3.12. The number of hydrogen-bond acceptors (Lipinski definition) is 4. The summed E-state index contributed by atoms with van der Waals surface area (Å²) in [5.41, 5.74) is 2.38. The molecule has 4 aromatic rings. The summed E-state index contributed by atoms with van der Waals surface area (Å²) in [6.45, 7) is 2.07. The number of pyridine rings is 1. The predicted molar refractivity (Wildman–Crippen MR) is 110 cm³/mol. The normalized spacial score (nSPS) is 18.0. The lowest BCUT2D eigenvalue weighted by atomic mass is 10.1. The second-order valence-electron chi connectivity index (χ2n) is 7.45. The first-order valence-corrected chi connectivity index (χ1v) is 9.63. The van der Waals surface area contributed by atoms with Crippen molar-refractivity contribution in [3.63, 3.8) is 0 Å². The third-order valence-electron chi connectivity index (χ3n) is 5.34. The summed E-state index contributed by atoms with van der Waals surface area (Å²) in [5, 5.41) is 0.994. The molecule has 1 aliphatic rings. The van der Waals surface area contributed by atoms with Gasteiger partial charge in [0.25, 0.3) is 5.56 Å². The van der Waals surface area contributed by atoms with Crippen LogP contribution in [0.25, 0.3) is 27.9 Å². The molecule has 0 amide bonds. The number of aromatic amines is 1. The molecule has 142 valence electrons. The zero-order valence-corrected chi connectivity index (χ0v) is 15.8. The van der Waals surface area contributed by atoms with Gasteiger partial charge in [0.15, 0.2) is 0 Å². The molecule has 1 fully saturated rings. The number of para-hydroxylation sites is 1. The molecule has 1 atom stereocenters. The monoisotopic (exact) mass is 374 g/mol. The van der Waals surface area contributed by atoms with Crippen LogP contribution < -0.4 is 10.3 Å². The number of likely N-dealkylation sites (N-methyl/N-ethyl adjacent to an activating group) is 1. The number of fused-ring (bicyclic) bond motifs is 2. The number of likely N-dealkylation sites (tertiary alicyclic amines) is 1. The van der Waals surface area contributed by atoms with E-state index in [-0.39, 0.29) is 11.7 Å². The van der Waals surface area contributed by atoms with Crippen molar-refractivity contribution in [3.05, 3.63) is 65.0 Å². The molecule has 0 aliphatic carbocycles. The van der Waals surface area contributed by atoms with Gasteiger partial charge in [-0.3, -0.25) is 4.79 Å². The Kier molecular flexibility index (Phi) is 4.13. The van der Waals surface area contributed by atoms with E-state index in [0.29, 0.717) is 5.95 Å². The molecule has 3 heterocycles. The van der Waals surface area contributed by atoms with E-state index in [4.69, 9.17) is 4.74 Å². The minimum Gasteiger partial charge on any atom is -0.489 e. The second-order valence-corrected chi connectivity index (χ2v) is 7.45. The second kappa shape index (κ2) is 6.80. The van der Waals surface area contributed by atoms with Gasteiger partial charge in [0.05, 0.1) is 16.6 Å². The van der Waals surface area contributed by atoms with Crippen LogP contribution in [-0.2, 0) is 0 Å². The van der Waals surface area contributed by atoms with Crippen LogP contribution in [0.15, 0.2) is 59.4 Å². The van der Waals surface area contributed by atoms with Gasteiger partial charge in [-0.05, 0) is 56.1 Å². The molecule has 5 rings (SSSR count). The number of benzene rings is 2. The molecule has 1 aliphatic heterocycles. The first-order valence-electron chi connectivity index (χ1n) is 9.63. The predicted octanol–water partition coefficient (Wildman–Crippen LogP) is 3.34. The average molecular weight is 374 g/mol. The molecule has 1 unspecified atom stereocenters. The highest BCUT2D eigenvalue weighted by Gasteiger charge is 2.19. The van der Waals surface area contributed by atoms with E-state index in [2.05, 4.69) is 21.9 Å². The van der Waals surface area contributed by atoms with Gasteiger partial charge in [0.2, 0.25) is 5.95 Å². The van der Waals surface area contributed by atoms with Crippen molar-refractivity contribution in [3.8, 4) is 11.7 Å². The number of hydrogen-bond donors (Lipinski definition) is 1. The number of piperidine rings is 1. The summed E-state index contributed by atoms with van der Waals surface area (Å²) in [5.74, 6) is 1.35. The van der Waals surface area contributed by atoms with Crippen molar-refractivity contribution in [1.29, 1.82) is 0 Å². The van der Waals surface area contributed by atoms with E-state index in [1.165, 1.54) is 0 Å². The molecular weight excluding hydrogens is 352 g/mol. The molecule has 6 heteroatoms. The fourth-order valence-corrected chi connectivity index (χ4v) is 3.97. The van der Waals surface area contributed by atoms with E-state index < -0.39 is 0 Å². The molecule has 6 nitrogen and oxygen atoms in total. The standard InChI is InChI=1S/C22H22N4O2/c1-25-12-4-6-17(14-25)28-16-9-10-18-19(13-16)24-22(23-18)26-20-7-3-2-5-15(20)8-11-21(26)27/h2-3,5,7-11,13,17H,4,6,12,14H2,1H3,(H,23,24). The Morgan fingerprint density at radius 3 is 2.93 bits per heavy atom. The lowest BCUT2D eigenvalue weighted by molar-refractivity contribution is 0.104. The Morgan fingerprint density at radius 1 is 1.14 bits per heavy atom. The van der Waals surface area contributed by atoms with Gasteiger partial charge >= 0.3 is 0 Å². The third kappa shape index (κ3) is 3.05. The highest BCUT2D eigenvalue weighted by Crippen LogP contribution is 2.24. The van der Waals surface area contributed by atoms with Crippen LogP contribution in [0, 0.1) is 0 Å². The van der Waals surface area contributed by atoms with Crippen LogP contribution in [0.1, 0.15) is 12.8 Å². The molecular formula is C22H22N4O2. The summed E-state index contributed by atoms with van der Waals surface area (Å²) in [4.78, 5) is 22.8. The highest BCUT2D eigenvalue weighted by atomic mass is 16.5. The number of imidazole rings is 1. The number of ether oxygens (including phenoxy) is 1. The third-order valence-corrected chi connectivity index (χ3v) is 5.34. The number of H-pyrrole nitrogens is 1. The van der Waals surface area contributed by atoms with Gasteiger partial charge in [-0.25, -0.2) is 9.55 Å². The quantitative estimate of drug-likeness (QED) is 0.597. The Morgan fingerprint density at radius 2 is 2.04 bits per heavy atom. The Balaban J connectivity index is 1.53. The van der Waals surface area contributed by atoms with Crippen molar-refractivity contribution in [2.45, 2.75) is 18.9 Å². The van der Waals surface area contributed by atoms with Crippen LogP contribution in [0.4, 0.5) is 0 Å². The summed E-state index contributed by atoms with van der Waals surface area (Å²) in [7, 11) is 2.13. The number of nitrogens with one attached hydrogen (secondary N) is 1. The minimum absolute atomic E-state index is 0.112. The van der Waals surface area contributed by atoms with Crippen LogP contribution in [0.2, 0.25) is 0 Å². The molecule has 0 radical (unpaired) electrons. The van der Waals surface area contributed by atoms with Crippen LogP contribution in [0.5, 0.6) is 5.75 Å². The van der Waals surface area contributed by atoms with Gasteiger partial charge in [-0.2, -0.15) is 0 Å². The highest BCUT2D eigenvalue weighted by molar-refractivity contribution is 5.82. The molecule has 2 aromatic carbocycles. The number of nitrogens with zero attached hydrogens (tertiary/aromatic N) is 3. The minimum atomic E-state index is -0.112. The molecule has 0 saturated carbocycles. The van der Waals surface area contributed by atoms with Crippen molar-refractivity contribution in [2.24, 2.45) is 0 Å². The van der Waals surface area contributed by atoms with Crippen molar-refractivity contribution >= 4 is 21.9 Å². The van der Waals surface area contributed by atoms with Crippen LogP contribution >= 0.6 is 0 Å². The largest absolute Gasteiger partial charge is 0.489 e. The molecule has 1 N–H and O–H groups in total. The fraction of sp³-hybridized carbons (Fsp3) is 0.273. The maximum Gasteiger partial charge on any atom is 0.257 e. The van der Waals surface area contributed by atoms with Crippen molar-refractivity contribution < 1.29 is 4.74 Å². The lowest BCUT2D eigenvalue weighted by Gasteiger charge is -2.29. The van der Waals surface area contributed by atoms with Gasteiger partial charge in [-0.15, -0.1) is 0 Å². The van der Waals surface area contributed by atoms with Gasteiger partial charge in [0.1, 0.15) is 11.9 Å². The van der Waals surface area contributed by atoms with Crippen LogP contribution in [-0.4, -0.2) is 45.7 Å². The van der Waals surface area contributed by atoms with E-state index >= 15 is 0 Å². The summed E-state index contributed by atoms with van der Waals surface area (Å²) in [6, 6.07) is 17.1.